The third kappa shape index (κ3) is 6.01. The van der Waals surface area contributed by atoms with Gasteiger partial charge in [0.2, 0.25) is 6.29 Å². The van der Waals surface area contributed by atoms with Crippen molar-refractivity contribution in [1.82, 2.24) is 4.90 Å². The van der Waals surface area contributed by atoms with Gasteiger partial charge in [0.15, 0.2) is 0 Å². The Kier molecular flexibility index (Phi) is 7.41. The SMILES string of the molecule is CCN(C[C]=O)CCCCO. The second-order valence-electron chi connectivity index (χ2n) is 2.44. The van der Waals surface area contributed by atoms with Gasteiger partial charge in [-0.3, -0.25) is 9.69 Å². The Labute approximate surface area is 68.0 Å². The maximum Gasteiger partial charge on any atom is 0.213 e. The number of hydrogen-bond donors (Lipinski definition) is 1. The average Bonchev–Trinajstić information content (AvgIpc) is 2.03. The van der Waals surface area contributed by atoms with Crippen molar-refractivity contribution in [3.8, 4) is 0 Å². The van der Waals surface area contributed by atoms with Crippen molar-refractivity contribution in [3.05, 3.63) is 0 Å². The molecule has 1 N–H and O–H groups in total. The summed E-state index contributed by atoms with van der Waals surface area (Å²) in [5.74, 6) is 0. The van der Waals surface area contributed by atoms with Gasteiger partial charge >= 0.3 is 0 Å². The van der Waals surface area contributed by atoms with Crippen LogP contribution in [0.2, 0.25) is 0 Å². The lowest BCUT2D eigenvalue weighted by atomic mass is 10.3. The summed E-state index contributed by atoms with van der Waals surface area (Å²) in [6, 6.07) is 0. The van der Waals surface area contributed by atoms with Crippen LogP contribution in [0.5, 0.6) is 0 Å². The van der Waals surface area contributed by atoms with E-state index in [1.54, 1.807) is 0 Å². The molecule has 0 aliphatic heterocycles. The van der Waals surface area contributed by atoms with Crippen LogP contribution in [0.25, 0.3) is 0 Å². The predicted octanol–water partition coefficient (Wildman–Crippen LogP) is 0.190. The first-order chi connectivity index (χ1) is 5.35. The van der Waals surface area contributed by atoms with E-state index in [1.165, 1.54) is 0 Å². The Bertz CT molecular complexity index is 96.1. The molecule has 65 valence electrons. The molecule has 0 saturated carbocycles. The third-order valence-electron chi connectivity index (χ3n) is 1.62. The molecule has 0 saturated heterocycles. The fraction of sp³-hybridized carbons (Fsp3) is 0.875. The van der Waals surface area contributed by atoms with Crippen molar-refractivity contribution in [2.24, 2.45) is 0 Å². The summed E-state index contributed by atoms with van der Waals surface area (Å²) < 4.78 is 0. The van der Waals surface area contributed by atoms with E-state index < -0.39 is 0 Å². The Morgan fingerprint density at radius 1 is 1.45 bits per heavy atom. The molecule has 0 rings (SSSR count). The van der Waals surface area contributed by atoms with Crippen LogP contribution in [-0.4, -0.2) is 42.5 Å². The van der Waals surface area contributed by atoms with Crippen molar-refractivity contribution >= 4 is 6.29 Å². The van der Waals surface area contributed by atoms with E-state index in [0.717, 1.165) is 25.9 Å². The van der Waals surface area contributed by atoms with E-state index in [2.05, 4.69) is 0 Å². The van der Waals surface area contributed by atoms with Gasteiger partial charge in [0, 0.05) is 6.61 Å². The number of hydrogen-bond acceptors (Lipinski definition) is 3. The Morgan fingerprint density at radius 3 is 2.64 bits per heavy atom. The standard InChI is InChI=1S/C8H16NO2/c1-2-9(6-8-11)5-3-4-7-10/h10H,2-7H2,1H3. The van der Waals surface area contributed by atoms with Crippen LogP contribution >= 0.6 is 0 Å². The average molecular weight is 158 g/mol. The highest BCUT2D eigenvalue weighted by atomic mass is 16.2. The zero-order valence-corrected chi connectivity index (χ0v) is 7.05. The molecule has 0 fully saturated rings. The minimum Gasteiger partial charge on any atom is -0.396 e. The fourth-order valence-corrected chi connectivity index (χ4v) is 0.887. The van der Waals surface area contributed by atoms with E-state index in [1.807, 2.05) is 18.1 Å². The maximum atomic E-state index is 9.99. The van der Waals surface area contributed by atoms with Gasteiger partial charge < -0.3 is 5.11 Å². The van der Waals surface area contributed by atoms with Gasteiger partial charge in [-0.1, -0.05) is 6.92 Å². The van der Waals surface area contributed by atoms with E-state index in [4.69, 9.17) is 5.11 Å². The van der Waals surface area contributed by atoms with Gasteiger partial charge in [0.25, 0.3) is 0 Å². The minimum absolute atomic E-state index is 0.238. The first-order valence-electron chi connectivity index (χ1n) is 4.03. The summed E-state index contributed by atoms with van der Waals surface area (Å²) in [6.45, 7) is 4.40. The molecule has 0 aromatic heterocycles. The van der Waals surface area contributed by atoms with E-state index >= 15 is 0 Å². The van der Waals surface area contributed by atoms with Crippen LogP contribution in [0.15, 0.2) is 0 Å². The molecule has 0 bridgehead atoms. The number of carbonyl (C=O) groups excluding carboxylic acids is 1. The normalized spacial score (nSPS) is 10.5. The molecule has 0 aliphatic rings. The highest BCUT2D eigenvalue weighted by molar-refractivity contribution is 5.52. The zero-order valence-electron chi connectivity index (χ0n) is 7.05. The Morgan fingerprint density at radius 2 is 2.18 bits per heavy atom. The van der Waals surface area contributed by atoms with Crippen LogP contribution in [-0.2, 0) is 4.79 Å². The molecule has 3 nitrogen and oxygen atoms in total. The van der Waals surface area contributed by atoms with Gasteiger partial charge in [-0.05, 0) is 25.9 Å². The van der Waals surface area contributed by atoms with Crippen molar-refractivity contribution < 1.29 is 9.90 Å². The van der Waals surface area contributed by atoms with Crippen LogP contribution < -0.4 is 0 Å². The molecule has 11 heavy (non-hydrogen) atoms. The molecular weight excluding hydrogens is 142 g/mol. The van der Waals surface area contributed by atoms with E-state index in [-0.39, 0.29) is 6.61 Å². The molecular formula is C8H16NO2. The lowest BCUT2D eigenvalue weighted by Gasteiger charge is -2.15. The van der Waals surface area contributed by atoms with Crippen LogP contribution in [0, 0.1) is 0 Å². The van der Waals surface area contributed by atoms with Crippen LogP contribution in [0.4, 0.5) is 0 Å². The molecule has 0 heterocycles. The van der Waals surface area contributed by atoms with E-state index in [9.17, 15) is 4.79 Å². The van der Waals surface area contributed by atoms with Crippen molar-refractivity contribution in [2.75, 3.05) is 26.2 Å². The number of unbranched alkanes of at least 4 members (excludes halogenated alkanes) is 1. The van der Waals surface area contributed by atoms with Crippen LogP contribution in [0.1, 0.15) is 19.8 Å². The zero-order chi connectivity index (χ0) is 8.53. The minimum atomic E-state index is 0.238. The third-order valence-corrected chi connectivity index (χ3v) is 1.62. The fourth-order valence-electron chi connectivity index (χ4n) is 0.887. The highest BCUT2D eigenvalue weighted by Crippen LogP contribution is 1.92. The quantitative estimate of drug-likeness (QED) is 0.538. The monoisotopic (exact) mass is 158 g/mol. The summed E-state index contributed by atoms with van der Waals surface area (Å²) in [5.41, 5.74) is 0. The Balaban J connectivity index is 3.27. The van der Waals surface area contributed by atoms with Crippen molar-refractivity contribution in [1.29, 1.82) is 0 Å². The number of likely N-dealkylation sites (N-methyl/N-ethyl adjacent to an activating group) is 1. The lowest BCUT2D eigenvalue weighted by Crippen LogP contribution is -2.26. The van der Waals surface area contributed by atoms with Gasteiger partial charge in [-0.15, -0.1) is 0 Å². The van der Waals surface area contributed by atoms with Crippen molar-refractivity contribution in [2.45, 2.75) is 19.8 Å². The molecule has 0 amide bonds. The summed E-state index contributed by atoms with van der Waals surface area (Å²) in [5, 5.41) is 8.49. The predicted molar refractivity (Wildman–Crippen MR) is 44.1 cm³/mol. The van der Waals surface area contributed by atoms with Crippen LogP contribution in [0.3, 0.4) is 0 Å². The molecule has 0 aromatic carbocycles. The molecule has 1 radical (unpaired) electrons. The largest absolute Gasteiger partial charge is 0.396 e. The summed E-state index contributed by atoms with van der Waals surface area (Å²) in [4.78, 5) is 12.0. The van der Waals surface area contributed by atoms with Gasteiger partial charge in [0.05, 0.1) is 6.54 Å². The highest BCUT2D eigenvalue weighted by Gasteiger charge is 1.99. The number of rotatable bonds is 7. The van der Waals surface area contributed by atoms with Gasteiger partial charge in [-0.25, -0.2) is 0 Å². The topological polar surface area (TPSA) is 40.5 Å². The van der Waals surface area contributed by atoms with Crippen molar-refractivity contribution in [3.63, 3.8) is 0 Å². The molecule has 3 heteroatoms. The van der Waals surface area contributed by atoms with Gasteiger partial charge in [0.1, 0.15) is 0 Å². The number of nitrogens with zero attached hydrogens (tertiary/aromatic N) is 1. The summed E-state index contributed by atoms with van der Waals surface area (Å²) in [7, 11) is 0. The maximum absolute atomic E-state index is 9.99. The first kappa shape index (κ1) is 10.6. The number of aliphatic hydroxyl groups excluding tert-OH is 1. The molecule has 0 spiro atoms. The molecule has 0 unspecified atom stereocenters. The molecule has 0 atom stereocenters. The number of aliphatic hydroxyl groups is 1. The Hall–Kier alpha value is -0.410. The lowest BCUT2D eigenvalue weighted by molar-refractivity contribution is 0.260. The smallest absolute Gasteiger partial charge is 0.213 e. The second-order valence-corrected chi connectivity index (χ2v) is 2.44. The molecule has 0 aromatic rings. The van der Waals surface area contributed by atoms with E-state index in [0.29, 0.717) is 6.54 Å². The first-order valence-corrected chi connectivity index (χ1v) is 4.03. The second kappa shape index (κ2) is 7.69. The summed E-state index contributed by atoms with van der Waals surface area (Å²) in [6.07, 6.45) is 3.62. The van der Waals surface area contributed by atoms with Gasteiger partial charge in [-0.2, -0.15) is 0 Å². The molecule has 0 aliphatic carbocycles. The summed E-state index contributed by atoms with van der Waals surface area (Å²) >= 11 is 0.